The average Bonchev–Trinajstić information content (AvgIpc) is 2.79. The van der Waals surface area contributed by atoms with E-state index in [1.54, 1.807) is 12.1 Å². The molecule has 1 aromatic carbocycles. The third-order valence-electron chi connectivity index (χ3n) is 2.46. The minimum absolute atomic E-state index is 0.147. The maximum atomic E-state index is 8.87. The first kappa shape index (κ1) is 13.6. The van der Waals surface area contributed by atoms with Crippen molar-refractivity contribution in [2.75, 3.05) is 13.2 Å². The zero-order chi connectivity index (χ0) is 13.1. The first-order valence-electron chi connectivity index (χ1n) is 5.31. The van der Waals surface area contributed by atoms with Gasteiger partial charge in [-0.3, -0.25) is 0 Å². The van der Waals surface area contributed by atoms with Crippen LogP contribution in [0, 0.1) is 0 Å². The molecule has 1 aromatic heterocycles. The maximum Gasteiger partial charge on any atom is 0.133 e. The van der Waals surface area contributed by atoms with Gasteiger partial charge in [0.1, 0.15) is 24.1 Å². The highest BCUT2D eigenvalue weighted by Gasteiger charge is 2.11. The lowest BCUT2D eigenvalue weighted by Crippen LogP contribution is -2.21. The van der Waals surface area contributed by atoms with Gasteiger partial charge < -0.3 is 19.9 Å². The summed E-state index contributed by atoms with van der Waals surface area (Å²) in [5.74, 6) is 0.557. The largest absolute Gasteiger partial charge is 0.394 e. The number of hydrogen-bond acceptors (Lipinski definition) is 4. The zero-order valence-corrected chi connectivity index (χ0v) is 10.9. The third-order valence-corrected chi connectivity index (χ3v) is 3.25. The predicted molar refractivity (Wildman–Crippen MR) is 68.9 cm³/mol. The number of nitrogens with one attached hydrogen (secondary N) is 1. The Balaban J connectivity index is 2.18. The Morgan fingerprint density at radius 2 is 2.00 bits per heavy atom. The number of H-pyrrole nitrogens is 1. The van der Waals surface area contributed by atoms with Crippen LogP contribution in [0.2, 0.25) is 10.0 Å². The van der Waals surface area contributed by atoms with E-state index in [9.17, 15) is 0 Å². The van der Waals surface area contributed by atoms with E-state index in [1.807, 2.05) is 0 Å². The lowest BCUT2D eigenvalue weighted by molar-refractivity contribution is -0.0304. The van der Waals surface area contributed by atoms with Crippen LogP contribution in [0.15, 0.2) is 12.1 Å². The van der Waals surface area contributed by atoms with Gasteiger partial charge in [0.05, 0.1) is 28.8 Å². The van der Waals surface area contributed by atoms with E-state index in [0.717, 1.165) is 5.52 Å². The Bertz CT molecular complexity index is 540. The number of hydrogen-bond donors (Lipinski definition) is 3. The first-order valence-corrected chi connectivity index (χ1v) is 6.07. The number of nitrogens with zero attached hydrogens (tertiary/aromatic N) is 1. The highest BCUT2D eigenvalue weighted by Crippen LogP contribution is 2.29. The van der Waals surface area contributed by atoms with Gasteiger partial charge in [-0.15, -0.1) is 0 Å². The van der Waals surface area contributed by atoms with Crippen molar-refractivity contribution >= 4 is 34.2 Å². The summed E-state index contributed by atoms with van der Waals surface area (Å²) in [7, 11) is 0. The summed E-state index contributed by atoms with van der Waals surface area (Å²) in [6.45, 7) is -0.346. The number of imidazole rings is 1. The number of aromatic amines is 1. The molecule has 2 rings (SSSR count). The van der Waals surface area contributed by atoms with Gasteiger partial charge in [0.25, 0.3) is 0 Å². The fraction of sp³-hybridized carbons (Fsp3) is 0.364. The molecule has 0 atom stereocenters. The molecule has 0 fully saturated rings. The van der Waals surface area contributed by atoms with Crippen molar-refractivity contribution < 1.29 is 14.9 Å². The number of halogens is 2. The fourth-order valence-electron chi connectivity index (χ4n) is 1.50. The minimum atomic E-state index is -0.614. The topological polar surface area (TPSA) is 78.4 Å². The van der Waals surface area contributed by atoms with Crippen LogP contribution in [0.25, 0.3) is 11.0 Å². The lowest BCUT2D eigenvalue weighted by Gasteiger charge is -2.10. The second kappa shape index (κ2) is 5.86. The lowest BCUT2D eigenvalue weighted by atomic mass is 10.3. The molecule has 0 aliphatic carbocycles. The first-order chi connectivity index (χ1) is 8.65. The molecule has 18 heavy (non-hydrogen) atoms. The average molecular weight is 291 g/mol. The van der Waals surface area contributed by atoms with Gasteiger partial charge in [-0.25, -0.2) is 4.98 Å². The van der Waals surface area contributed by atoms with E-state index >= 15 is 0 Å². The molecule has 7 heteroatoms. The molecule has 0 aliphatic rings. The van der Waals surface area contributed by atoms with Gasteiger partial charge in [0.2, 0.25) is 0 Å². The molecule has 98 valence electrons. The molecule has 0 spiro atoms. The summed E-state index contributed by atoms with van der Waals surface area (Å²) in [5, 5.41) is 18.6. The number of aliphatic hydroxyl groups is 2. The van der Waals surface area contributed by atoms with Crippen LogP contribution in [0.4, 0.5) is 0 Å². The van der Waals surface area contributed by atoms with Crippen LogP contribution in [0.5, 0.6) is 0 Å². The van der Waals surface area contributed by atoms with E-state index in [-0.39, 0.29) is 19.8 Å². The monoisotopic (exact) mass is 290 g/mol. The molecular formula is C11H12Cl2N2O3. The number of rotatable bonds is 5. The van der Waals surface area contributed by atoms with Gasteiger partial charge in [-0.05, 0) is 12.1 Å². The molecule has 2 aromatic rings. The predicted octanol–water partition coefficient (Wildman–Crippen LogP) is 1.74. The van der Waals surface area contributed by atoms with Crippen molar-refractivity contribution in [1.82, 2.24) is 9.97 Å². The fourth-order valence-corrected chi connectivity index (χ4v) is 1.86. The van der Waals surface area contributed by atoms with Crippen LogP contribution < -0.4 is 0 Å². The van der Waals surface area contributed by atoms with Crippen molar-refractivity contribution in [2.45, 2.75) is 12.7 Å². The molecule has 0 unspecified atom stereocenters. The van der Waals surface area contributed by atoms with Gasteiger partial charge >= 0.3 is 0 Å². The molecule has 0 amide bonds. The Labute approximate surface area is 113 Å². The van der Waals surface area contributed by atoms with Crippen LogP contribution in [-0.4, -0.2) is 39.5 Å². The van der Waals surface area contributed by atoms with E-state index in [1.165, 1.54) is 0 Å². The van der Waals surface area contributed by atoms with Gasteiger partial charge in [0, 0.05) is 0 Å². The SMILES string of the molecule is OCC(CO)OCc1nc2c(Cl)c(Cl)ccc2[nH]1. The van der Waals surface area contributed by atoms with Crippen molar-refractivity contribution in [3.63, 3.8) is 0 Å². The highest BCUT2D eigenvalue weighted by molar-refractivity contribution is 6.44. The number of aliphatic hydroxyl groups excluding tert-OH is 2. The van der Waals surface area contributed by atoms with Crippen molar-refractivity contribution in [2.24, 2.45) is 0 Å². The molecular weight excluding hydrogens is 279 g/mol. The molecule has 0 saturated carbocycles. The molecule has 1 heterocycles. The quantitative estimate of drug-likeness (QED) is 0.784. The summed E-state index contributed by atoms with van der Waals surface area (Å²) in [6.07, 6.45) is -0.614. The number of benzene rings is 1. The third kappa shape index (κ3) is 2.76. The van der Waals surface area contributed by atoms with Gasteiger partial charge in [-0.1, -0.05) is 23.2 Å². The standard InChI is InChI=1S/C11H12Cl2N2O3/c12-7-1-2-8-11(10(7)13)15-9(14-8)5-18-6(3-16)4-17/h1-2,6,16-17H,3-5H2,(H,14,15). The van der Waals surface area contributed by atoms with E-state index < -0.39 is 6.10 Å². The smallest absolute Gasteiger partial charge is 0.133 e. The highest BCUT2D eigenvalue weighted by atomic mass is 35.5. The molecule has 0 saturated heterocycles. The van der Waals surface area contributed by atoms with Crippen LogP contribution >= 0.6 is 23.2 Å². The van der Waals surface area contributed by atoms with E-state index in [0.29, 0.717) is 21.4 Å². The normalized spacial score (nSPS) is 11.6. The summed E-state index contributed by atoms with van der Waals surface area (Å²) in [5.41, 5.74) is 1.33. The van der Waals surface area contributed by atoms with Crippen LogP contribution in [-0.2, 0) is 11.3 Å². The second-order valence-electron chi connectivity index (χ2n) is 3.74. The molecule has 0 bridgehead atoms. The number of aromatic nitrogens is 2. The Morgan fingerprint density at radius 3 is 2.67 bits per heavy atom. The summed E-state index contributed by atoms with van der Waals surface area (Å²) in [4.78, 5) is 7.28. The maximum absolute atomic E-state index is 8.87. The summed E-state index contributed by atoms with van der Waals surface area (Å²) in [6, 6.07) is 3.45. The van der Waals surface area contributed by atoms with Crippen molar-refractivity contribution in [3.8, 4) is 0 Å². The minimum Gasteiger partial charge on any atom is -0.394 e. The zero-order valence-electron chi connectivity index (χ0n) is 9.36. The second-order valence-corrected chi connectivity index (χ2v) is 4.52. The van der Waals surface area contributed by atoms with Crippen LogP contribution in [0.3, 0.4) is 0 Å². The Morgan fingerprint density at radius 1 is 1.28 bits per heavy atom. The summed E-state index contributed by atoms with van der Waals surface area (Å²) >= 11 is 11.9. The van der Waals surface area contributed by atoms with Crippen molar-refractivity contribution in [1.29, 1.82) is 0 Å². The number of fused-ring (bicyclic) bond motifs is 1. The molecule has 5 nitrogen and oxygen atoms in total. The van der Waals surface area contributed by atoms with Crippen molar-refractivity contribution in [3.05, 3.63) is 28.0 Å². The Kier molecular flexibility index (Phi) is 4.42. The van der Waals surface area contributed by atoms with Crippen LogP contribution in [0.1, 0.15) is 5.82 Å². The number of ether oxygens (including phenoxy) is 1. The van der Waals surface area contributed by atoms with Gasteiger partial charge in [-0.2, -0.15) is 0 Å². The van der Waals surface area contributed by atoms with Gasteiger partial charge in [0.15, 0.2) is 0 Å². The Hall–Kier alpha value is -0.850. The molecule has 0 aliphatic heterocycles. The van der Waals surface area contributed by atoms with E-state index in [4.69, 9.17) is 38.2 Å². The summed E-state index contributed by atoms with van der Waals surface area (Å²) < 4.78 is 5.26. The molecule has 3 N–H and O–H groups in total. The van der Waals surface area contributed by atoms with E-state index in [2.05, 4.69) is 9.97 Å². The molecule has 0 radical (unpaired) electrons.